The van der Waals surface area contributed by atoms with Crippen molar-refractivity contribution in [3.63, 3.8) is 0 Å². The number of hydrogen-bond acceptors (Lipinski definition) is 5. The van der Waals surface area contributed by atoms with Gasteiger partial charge >= 0.3 is 5.97 Å². The van der Waals surface area contributed by atoms with Gasteiger partial charge in [-0.3, -0.25) is 4.79 Å². The first kappa shape index (κ1) is 12.4. The summed E-state index contributed by atoms with van der Waals surface area (Å²) in [6, 6.07) is -0.225. The van der Waals surface area contributed by atoms with Crippen molar-refractivity contribution in [2.45, 2.75) is 58.7 Å². The number of carbonyl (C=O) groups is 1. The zero-order valence-corrected chi connectivity index (χ0v) is 10.7. The molecule has 5 heteroatoms. The molecule has 0 aromatic heterocycles. The largest absolute Gasteiger partial charge is 0.460 e. The van der Waals surface area contributed by atoms with E-state index in [1.807, 2.05) is 6.92 Å². The summed E-state index contributed by atoms with van der Waals surface area (Å²) in [4.78, 5) is 15.5. The molecule has 0 aromatic carbocycles. The standard InChI is InChI=1S/C12H19NO4/c1-5-9-6(2)11(16-8(4)14)10-12(17-9)15-7(3)13-10/h6,9-12H,5H2,1-4H3/t6-,9?,10?,11?,12-/m0/s1. The first-order valence-electron chi connectivity index (χ1n) is 6.06. The summed E-state index contributed by atoms with van der Waals surface area (Å²) in [6.07, 6.45) is 0.251. The van der Waals surface area contributed by atoms with Crippen LogP contribution in [0, 0.1) is 5.92 Å². The van der Waals surface area contributed by atoms with Gasteiger partial charge in [-0.05, 0) is 6.42 Å². The maximum Gasteiger partial charge on any atom is 0.302 e. The molecule has 0 aromatic rings. The first-order chi connectivity index (χ1) is 8.02. The molecular weight excluding hydrogens is 222 g/mol. The fourth-order valence-corrected chi connectivity index (χ4v) is 2.53. The summed E-state index contributed by atoms with van der Waals surface area (Å²) in [6.45, 7) is 7.29. The molecule has 0 aliphatic carbocycles. The zero-order chi connectivity index (χ0) is 12.6. The zero-order valence-electron chi connectivity index (χ0n) is 10.7. The predicted molar refractivity (Wildman–Crippen MR) is 61.7 cm³/mol. The molecule has 0 radical (unpaired) electrons. The van der Waals surface area contributed by atoms with Crippen LogP contribution in [0.1, 0.15) is 34.1 Å². The quantitative estimate of drug-likeness (QED) is 0.687. The lowest BCUT2D eigenvalue weighted by Crippen LogP contribution is -2.53. The lowest BCUT2D eigenvalue weighted by Gasteiger charge is -2.40. The van der Waals surface area contributed by atoms with Crippen LogP contribution < -0.4 is 0 Å². The molecular formula is C12H19NO4. The molecule has 2 heterocycles. The Bertz CT molecular complexity index is 341. The molecule has 0 saturated carbocycles. The molecule has 2 rings (SSSR count). The Morgan fingerprint density at radius 1 is 1.53 bits per heavy atom. The van der Waals surface area contributed by atoms with Crippen molar-refractivity contribution in [2.75, 3.05) is 0 Å². The highest BCUT2D eigenvalue weighted by Crippen LogP contribution is 2.34. The number of rotatable bonds is 2. The maximum absolute atomic E-state index is 11.2. The number of aliphatic imine (C=N–C) groups is 1. The third-order valence-electron chi connectivity index (χ3n) is 3.35. The average Bonchev–Trinajstić information content (AvgIpc) is 2.62. The van der Waals surface area contributed by atoms with Gasteiger partial charge in [0.25, 0.3) is 0 Å². The van der Waals surface area contributed by atoms with E-state index < -0.39 is 6.29 Å². The maximum atomic E-state index is 11.2. The van der Waals surface area contributed by atoms with Gasteiger partial charge in [0.1, 0.15) is 6.10 Å². The van der Waals surface area contributed by atoms with Crippen LogP contribution in [0.15, 0.2) is 4.99 Å². The van der Waals surface area contributed by atoms with Gasteiger partial charge < -0.3 is 14.2 Å². The Morgan fingerprint density at radius 2 is 2.24 bits per heavy atom. The van der Waals surface area contributed by atoms with Crippen LogP contribution in [-0.2, 0) is 19.0 Å². The Balaban J connectivity index is 2.19. The minimum Gasteiger partial charge on any atom is -0.460 e. The topological polar surface area (TPSA) is 57.1 Å². The predicted octanol–water partition coefficient (Wildman–Crippen LogP) is 1.51. The van der Waals surface area contributed by atoms with Crippen LogP contribution in [0.2, 0.25) is 0 Å². The van der Waals surface area contributed by atoms with Crippen molar-refractivity contribution < 1.29 is 19.0 Å². The fourth-order valence-electron chi connectivity index (χ4n) is 2.53. The molecule has 0 spiro atoms. The summed E-state index contributed by atoms with van der Waals surface area (Å²) in [5.41, 5.74) is 0. The summed E-state index contributed by atoms with van der Waals surface area (Å²) < 4.78 is 16.7. The van der Waals surface area contributed by atoms with Gasteiger partial charge in [0.05, 0.1) is 6.10 Å². The lowest BCUT2D eigenvalue weighted by molar-refractivity contribution is -0.214. The Hall–Kier alpha value is -1.10. The second kappa shape index (κ2) is 4.64. The van der Waals surface area contributed by atoms with Crippen LogP contribution in [0.25, 0.3) is 0 Å². The number of esters is 1. The summed E-state index contributed by atoms with van der Waals surface area (Å²) in [5.74, 6) is 0.446. The second-order valence-corrected chi connectivity index (χ2v) is 4.64. The van der Waals surface area contributed by atoms with Gasteiger partial charge in [0.15, 0.2) is 11.9 Å². The van der Waals surface area contributed by atoms with Crippen LogP contribution in [0.4, 0.5) is 0 Å². The van der Waals surface area contributed by atoms with Gasteiger partial charge in [-0.1, -0.05) is 13.8 Å². The lowest BCUT2D eigenvalue weighted by atomic mass is 9.88. The number of ether oxygens (including phenoxy) is 3. The van der Waals surface area contributed by atoms with Crippen LogP contribution >= 0.6 is 0 Å². The van der Waals surface area contributed by atoms with Gasteiger partial charge in [-0.15, -0.1) is 0 Å². The van der Waals surface area contributed by atoms with E-state index in [9.17, 15) is 4.79 Å². The molecule has 1 saturated heterocycles. The van der Waals surface area contributed by atoms with Crippen molar-refractivity contribution in [3.8, 4) is 0 Å². The van der Waals surface area contributed by atoms with E-state index in [1.54, 1.807) is 6.92 Å². The van der Waals surface area contributed by atoms with Gasteiger partial charge in [-0.25, -0.2) is 4.99 Å². The highest BCUT2D eigenvalue weighted by molar-refractivity contribution is 5.75. The molecule has 0 N–H and O–H groups in total. The van der Waals surface area contributed by atoms with E-state index >= 15 is 0 Å². The first-order valence-corrected chi connectivity index (χ1v) is 6.06. The Morgan fingerprint density at radius 3 is 2.82 bits per heavy atom. The normalized spacial score (nSPS) is 40.2. The van der Waals surface area contributed by atoms with Gasteiger partial charge in [0, 0.05) is 19.8 Å². The van der Waals surface area contributed by atoms with E-state index in [-0.39, 0.29) is 30.1 Å². The number of hydrogen-bond donors (Lipinski definition) is 0. The molecule has 0 bridgehead atoms. The van der Waals surface area contributed by atoms with Crippen molar-refractivity contribution >= 4 is 11.9 Å². The Kier molecular flexibility index (Phi) is 3.38. The monoisotopic (exact) mass is 241 g/mol. The molecule has 2 aliphatic heterocycles. The fraction of sp³-hybridized carbons (Fsp3) is 0.833. The van der Waals surface area contributed by atoms with Crippen molar-refractivity contribution in [3.05, 3.63) is 0 Å². The highest BCUT2D eigenvalue weighted by Gasteiger charge is 2.49. The molecule has 17 heavy (non-hydrogen) atoms. The van der Waals surface area contributed by atoms with Crippen molar-refractivity contribution in [1.82, 2.24) is 0 Å². The van der Waals surface area contributed by atoms with E-state index in [0.29, 0.717) is 5.90 Å². The SMILES string of the molecule is CCC1O[C@@H]2OC(C)=NC2C(OC(C)=O)[C@H]1C. The van der Waals surface area contributed by atoms with E-state index in [0.717, 1.165) is 6.42 Å². The summed E-state index contributed by atoms with van der Waals surface area (Å²) in [5, 5.41) is 0. The van der Waals surface area contributed by atoms with Crippen LogP contribution in [0.3, 0.4) is 0 Å². The molecule has 1 fully saturated rings. The third-order valence-corrected chi connectivity index (χ3v) is 3.35. The van der Waals surface area contributed by atoms with Crippen molar-refractivity contribution in [1.29, 1.82) is 0 Å². The molecule has 0 amide bonds. The molecule has 2 aliphatic rings. The number of fused-ring (bicyclic) bond motifs is 1. The second-order valence-electron chi connectivity index (χ2n) is 4.64. The summed E-state index contributed by atoms with van der Waals surface area (Å²) in [7, 11) is 0. The molecule has 96 valence electrons. The highest BCUT2D eigenvalue weighted by atomic mass is 16.7. The minimum absolute atomic E-state index is 0.0432. The minimum atomic E-state index is -0.402. The molecule has 3 unspecified atom stereocenters. The Labute approximate surface area is 101 Å². The van der Waals surface area contributed by atoms with Crippen molar-refractivity contribution in [2.24, 2.45) is 10.9 Å². The van der Waals surface area contributed by atoms with Gasteiger partial charge in [0.2, 0.25) is 6.29 Å². The summed E-state index contributed by atoms with van der Waals surface area (Å²) >= 11 is 0. The molecule has 5 nitrogen and oxygen atoms in total. The smallest absolute Gasteiger partial charge is 0.302 e. The van der Waals surface area contributed by atoms with Crippen LogP contribution in [-0.4, -0.2) is 36.4 Å². The van der Waals surface area contributed by atoms with E-state index in [2.05, 4.69) is 11.9 Å². The van der Waals surface area contributed by atoms with Crippen LogP contribution in [0.5, 0.6) is 0 Å². The molecule has 5 atom stereocenters. The number of carbonyl (C=O) groups excluding carboxylic acids is 1. The van der Waals surface area contributed by atoms with E-state index in [1.165, 1.54) is 6.92 Å². The average molecular weight is 241 g/mol. The van der Waals surface area contributed by atoms with E-state index in [4.69, 9.17) is 14.2 Å². The van der Waals surface area contributed by atoms with Gasteiger partial charge in [-0.2, -0.15) is 0 Å². The number of nitrogens with zero attached hydrogens (tertiary/aromatic N) is 1. The third kappa shape index (κ3) is 2.29.